The Hall–Kier alpha value is -1.08. The number of imide groups is 1. The van der Waals surface area contributed by atoms with Crippen LogP contribution in [0.3, 0.4) is 0 Å². The summed E-state index contributed by atoms with van der Waals surface area (Å²) in [6.45, 7) is 24.5. The van der Waals surface area contributed by atoms with Crippen LogP contribution >= 0.6 is 0 Å². The zero-order valence-corrected chi connectivity index (χ0v) is 24.3. The lowest BCUT2D eigenvalue weighted by molar-refractivity contribution is -0.129. The van der Waals surface area contributed by atoms with E-state index < -0.39 is 34.6 Å². The fourth-order valence-electron chi connectivity index (χ4n) is 4.12. The van der Waals surface area contributed by atoms with Gasteiger partial charge in [-0.15, -0.1) is 0 Å². The first-order chi connectivity index (χ1) is 14.8. The second kappa shape index (κ2) is 8.25. The molecule has 3 amide bonds. The van der Waals surface area contributed by atoms with E-state index in [0.717, 1.165) is 5.71 Å². The van der Waals surface area contributed by atoms with Gasteiger partial charge in [-0.2, -0.15) is 0 Å². The molecule has 188 valence electrons. The Kier molecular flexibility index (Phi) is 6.63. The van der Waals surface area contributed by atoms with Gasteiger partial charge in [-0.05, 0) is 43.2 Å². The van der Waals surface area contributed by atoms with E-state index in [9.17, 15) is 9.59 Å². The summed E-state index contributed by atoms with van der Waals surface area (Å²) in [5.41, 5.74) is -0.291. The third-order valence-electron chi connectivity index (χ3n) is 8.33. The van der Waals surface area contributed by atoms with Crippen LogP contribution in [0.5, 0.6) is 0 Å². The Balaban J connectivity index is 1.92. The average Bonchev–Trinajstić information content (AvgIpc) is 3.08. The Morgan fingerprint density at radius 1 is 1.09 bits per heavy atom. The molecule has 8 nitrogen and oxygen atoms in total. The first kappa shape index (κ1) is 26.5. The lowest BCUT2D eigenvalue weighted by Crippen LogP contribution is -2.62. The highest BCUT2D eigenvalue weighted by Crippen LogP contribution is 2.47. The molecule has 3 aliphatic heterocycles. The van der Waals surface area contributed by atoms with E-state index in [2.05, 4.69) is 78.0 Å². The van der Waals surface area contributed by atoms with E-state index in [4.69, 9.17) is 13.6 Å². The smallest absolute Gasteiger partial charge is 0.328 e. The summed E-state index contributed by atoms with van der Waals surface area (Å²) in [6, 6.07) is -0.450. The van der Waals surface area contributed by atoms with Crippen molar-refractivity contribution in [1.29, 1.82) is 0 Å². The normalized spacial score (nSPS) is 31.2. The Morgan fingerprint density at radius 3 is 2.21 bits per heavy atom. The molecule has 3 heterocycles. The van der Waals surface area contributed by atoms with Gasteiger partial charge in [-0.25, -0.2) is 4.79 Å². The molecule has 3 aliphatic rings. The van der Waals surface area contributed by atoms with Crippen molar-refractivity contribution in [3.05, 3.63) is 0 Å². The number of hydrogen-bond donors (Lipinski definition) is 1. The molecule has 0 aliphatic carbocycles. The zero-order valence-electron chi connectivity index (χ0n) is 22.3. The number of urea groups is 1. The van der Waals surface area contributed by atoms with Gasteiger partial charge in [0.1, 0.15) is 12.3 Å². The number of nitrogens with one attached hydrogen (secondary N) is 1. The van der Waals surface area contributed by atoms with Crippen LogP contribution in [-0.2, 0) is 18.4 Å². The third-order valence-corrected chi connectivity index (χ3v) is 17.3. The summed E-state index contributed by atoms with van der Waals surface area (Å²) in [5, 5.41) is 2.54. The molecule has 3 rings (SSSR count). The minimum atomic E-state index is -2.12. The molecule has 1 unspecified atom stereocenters. The summed E-state index contributed by atoms with van der Waals surface area (Å²) in [5.74, 6) is -0.306. The molecule has 33 heavy (non-hydrogen) atoms. The number of ether oxygens (including phenoxy) is 1. The number of hydrogen-bond acceptors (Lipinski definition) is 6. The molecule has 0 saturated carbocycles. The van der Waals surface area contributed by atoms with Crippen molar-refractivity contribution in [3.63, 3.8) is 0 Å². The summed E-state index contributed by atoms with van der Waals surface area (Å²) in [7, 11) is -4.14. The SMILES string of the molecule is CC1=NC2CC(=O)NC(=O)N2[C@]12C[C@H](O[Si](C)(C)C(C)(C)C)[C@@H](CO[Si](C)(C)C(C)(C)C)O2. The first-order valence-electron chi connectivity index (χ1n) is 12.0. The van der Waals surface area contributed by atoms with Crippen LogP contribution in [0.4, 0.5) is 4.79 Å². The predicted octanol–water partition coefficient (Wildman–Crippen LogP) is 4.63. The highest BCUT2D eigenvalue weighted by atomic mass is 28.4. The molecule has 0 aromatic heterocycles. The number of rotatable bonds is 5. The highest BCUT2D eigenvalue weighted by Gasteiger charge is 2.62. The molecular formula is C23H43N3O5Si2. The molecule has 1 N–H and O–H groups in total. The average molecular weight is 498 g/mol. The fraction of sp³-hybridized carbons (Fsp3) is 0.870. The number of nitrogens with zero attached hydrogens (tertiary/aromatic N) is 2. The van der Waals surface area contributed by atoms with Gasteiger partial charge >= 0.3 is 6.03 Å². The van der Waals surface area contributed by atoms with Crippen molar-refractivity contribution in [2.45, 2.75) is 122 Å². The molecule has 2 saturated heterocycles. The Labute approximate surface area is 201 Å². The van der Waals surface area contributed by atoms with Crippen LogP contribution in [0.2, 0.25) is 36.3 Å². The van der Waals surface area contributed by atoms with Crippen LogP contribution < -0.4 is 5.32 Å². The summed E-state index contributed by atoms with van der Waals surface area (Å²) in [6.07, 6.45) is -0.460. The monoisotopic (exact) mass is 497 g/mol. The standard InChI is InChI=1S/C23H43N3O5Si2/c1-15-23(26-18(24-15)12-19(27)25-20(26)28)13-16(31-33(10,11)22(5,6)7)17(30-23)14-29-32(8,9)21(2,3)4/h16-18H,12-14H2,1-11H3,(H,25,27,28)/t16-,17+,18?,23-/m0/s1. The van der Waals surface area contributed by atoms with Gasteiger partial charge in [-0.1, -0.05) is 41.5 Å². The lowest BCUT2D eigenvalue weighted by Gasteiger charge is -2.40. The number of aliphatic imine (C=N–C) groups is 1. The quantitative estimate of drug-likeness (QED) is 0.560. The second-order valence-electron chi connectivity index (χ2n) is 12.8. The van der Waals surface area contributed by atoms with Crippen LogP contribution in [0.1, 0.15) is 61.3 Å². The van der Waals surface area contributed by atoms with E-state index in [1.54, 1.807) is 4.90 Å². The van der Waals surface area contributed by atoms with E-state index in [1.165, 1.54) is 0 Å². The highest BCUT2D eigenvalue weighted by molar-refractivity contribution is 6.74. The van der Waals surface area contributed by atoms with E-state index in [-0.39, 0.29) is 34.6 Å². The van der Waals surface area contributed by atoms with E-state index in [1.807, 2.05) is 6.92 Å². The number of amides is 3. The molecule has 0 bridgehead atoms. The largest absolute Gasteiger partial charge is 0.414 e. The van der Waals surface area contributed by atoms with Crippen molar-refractivity contribution in [1.82, 2.24) is 10.2 Å². The molecule has 10 heteroatoms. The van der Waals surface area contributed by atoms with E-state index >= 15 is 0 Å². The summed E-state index contributed by atoms with van der Waals surface area (Å²) in [4.78, 5) is 31.1. The van der Waals surface area contributed by atoms with Crippen molar-refractivity contribution in [3.8, 4) is 0 Å². The number of fused-ring (bicyclic) bond motifs is 2. The van der Waals surface area contributed by atoms with Gasteiger partial charge in [-0.3, -0.25) is 20.0 Å². The summed E-state index contributed by atoms with van der Waals surface area (Å²) >= 11 is 0. The lowest BCUT2D eigenvalue weighted by atomic mass is 10.0. The van der Waals surface area contributed by atoms with Crippen molar-refractivity contribution in [2.24, 2.45) is 4.99 Å². The van der Waals surface area contributed by atoms with E-state index in [0.29, 0.717) is 13.0 Å². The van der Waals surface area contributed by atoms with Crippen LogP contribution in [0, 0.1) is 0 Å². The maximum Gasteiger partial charge on any atom is 0.328 e. The van der Waals surface area contributed by atoms with Gasteiger partial charge < -0.3 is 13.6 Å². The molecule has 4 atom stereocenters. The maximum atomic E-state index is 12.9. The number of carbonyl (C=O) groups excluding carboxylic acids is 2. The fourth-order valence-corrected chi connectivity index (χ4v) is 6.48. The molecule has 0 aromatic carbocycles. The zero-order chi connectivity index (χ0) is 25.2. The molecule has 2 fully saturated rings. The summed E-state index contributed by atoms with van der Waals surface area (Å²) < 4.78 is 20.1. The van der Waals surface area contributed by atoms with Gasteiger partial charge in [0.05, 0.1) is 24.8 Å². The Morgan fingerprint density at radius 2 is 1.67 bits per heavy atom. The maximum absolute atomic E-state index is 12.9. The molecule has 0 radical (unpaired) electrons. The number of carbonyl (C=O) groups is 2. The van der Waals surface area contributed by atoms with Crippen LogP contribution in [0.15, 0.2) is 4.99 Å². The molecule has 1 spiro atoms. The first-order valence-corrected chi connectivity index (χ1v) is 17.8. The van der Waals surface area contributed by atoms with Crippen LogP contribution in [0.25, 0.3) is 0 Å². The van der Waals surface area contributed by atoms with Crippen molar-refractivity contribution < 1.29 is 23.2 Å². The topological polar surface area (TPSA) is 89.5 Å². The van der Waals surface area contributed by atoms with Crippen molar-refractivity contribution in [2.75, 3.05) is 6.61 Å². The van der Waals surface area contributed by atoms with Gasteiger partial charge in [0, 0.05) is 6.42 Å². The minimum absolute atomic E-state index is 0.0316. The van der Waals surface area contributed by atoms with Gasteiger partial charge in [0.2, 0.25) is 5.91 Å². The van der Waals surface area contributed by atoms with Gasteiger partial charge in [0.15, 0.2) is 22.4 Å². The minimum Gasteiger partial charge on any atom is -0.414 e. The second-order valence-corrected chi connectivity index (χ2v) is 22.3. The molecular weight excluding hydrogens is 454 g/mol. The third kappa shape index (κ3) is 4.73. The van der Waals surface area contributed by atoms with Crippen molar-refractivity contribution >= 4 is 34.3 Å². The Bertz CT molecular complexity index is 846. The predicted molar refractivity (Wildman–Crippen MR) is 134 cm³/mol. The van der Waals surface area contributed by atoms with Gasteiger partial charge in [0.25, 0.3) is 0 Å². The van der Waals surface area contributed by atoms with Crippen LogP contribution in [-0.4, -0.2) is 69.9 Å². The molecule has 0 aromatic rings.